The normalized spacial score (nSPS) is 20.2. The molecule has 0 bridgehead atoms. The number of piperazine rings is 1. The summed E-state index contributed by atoms with van der Waals surface area (Å²) in [6.07, 6.45) is 0.243. The molecule has 0 aromatic heterocycles. The van der Waals surface area contributed by atoms with Crippen LogP contribution in [0.4, 0.5) is 5.69 Å². The highest BCUT2D eigenvalue weighted by molar-refractivity contribution is 7.89. The fraction of sp³-hybridized carbons (Fsp3) is 0.588. The summed E-state index contributed by atoms with van der Waals surface area (Å²) in [6, 6.07) is 5.62. The predicted molar refractivity (Wildman–Crippen MR) is 110 cm³/mol. The highest BCUT2D eigenvalue weighted by atomic mass is 32.2. The Morgan fingerprint density at radius 3 is 2.07 bits per heavy atom. The van der Waals surface area contributed by atoms with Crippen LogP contribution in [0.3, 0.4) is 0 Å². The van der Waals surface area contributed by atoms with Crippen molar-refractivity contribution in [1.29, 1.82) is 0 Å². The Labute approximate surface area is 177 Å². The standard InChI is InChI=1S/C17H27N5O6S2/c18-29(24,25)16-3-1-15(2-4-16)19-17(23)5-6-20-7-9-21(10-8-20)30(26,27)22-11-13-28-14-12-22/h1-4H,5-14H2,(H,19,23)(H2,18,24,25). The average Bonchev–Trinajstić information content (AvgIpc) is 2.73. The van der Waals surface area contributed by atoms with Crippen molar-refractivity contribution in [3.63, 3.8) is 0 Å². The maximum absolute atomic E-state index is 12.7. The molecule has 0 saturated carbocycles. The Morgan fingerprint density at radius 1 is 0.933 bits per heavy atom. The quantitative estimate of drug-likeness (QED) is 0.522. The molecule has 3 rings (SSSR count). The molecule has 11 nitrogen and oxygen atoms in total. The molecule has 3 N–H and O–H groups in total. The predicted octanol–water partition coefficient (Wildman–Crippen LogP) is -1.14. The van der Waals surface area contributed by atoms with Crippen LogP contribution in [0.25, 0.3) is 0 Å². The molecule has 0 atom stereocenters. The number of nitrogens with zero attached hydrogens (tertiary/aromatic N) is 3. The van der Waals surface area contributed by atoms with Crippen LogP contribution in [-0.2, 0) is 29.8 Å². The lowest BCUT2D eigenvalue weighted by molar-refractivity contribution is -0.116. The first kappa shape index (κ1) is 23.1. The number of rotatable bonds is 7. The fourth-order valence-electron chi connectivity index (χ4n) is 3.34. The van der Waals surface area contributed by atoms with Crippen molar-refractivity contribution >= 4 is 31.8 Å². The highest BCUT2D eigenvalue weighted by Crippen LogP contribution is 2.15. The van der Waals surface area contributed by atoms with Gasteiger partial charge in [0.2, 0.25) is 15.9 Å². The van der Waals surface area contributed by atoms with Gasteiger partial charge in [-0.05, 0) is 24.3 Å². The Kier molecular flexibility index (Phi) is 7.44. The minimum absolute atomic E-state index is 0.0228. The molecule has 0 radical (unpaired) electrons. The number of sulfonamides is 1. The largest absolute Gasteiger partial charge is 0.379 e. The van der Waals surface area contributed by atoms with Crippen molar-refractivity contribution in [3.05, 3.63) is 24.3 Å². The van der Waals surface area contributed by atoms with E-state index in [1.165, 1.54) is 32.9 Å². The van der Waals surface area contributed by atoms with Crippen LogP contribution in [-0.4, -0.2) is 95.3 Å². The molecular formula is C17H27N5O6S2. The van der Waals surface area contributed by atoms with Crippen molar-refractivity contribution in [1.82, 2.24) is 13.5 Å². The van der Waals surface area contributed by atoms with E-state index in [1.807, 2.05) is 0 Å². The zero-order valence-electron chi connectivity index (χ0n) is 16.6. The van der Waals surface area contributed by atoms with Crippen LogP contribution in [0.15, 0.2) is 29.2 Å². The molecule has 0 aliphatic carbocycles. The van der Waals surface area contributed by atoms with Gasteiger partial charge in [-0.3, -0.25) is 4.79 Å². The van der Waals surface area contributed by atoms with E-state index in [4.69, 9.17) is 9.88 Å². The number of anilines is 1. The first-order valence-electron chi connectivity index (χ1n) is 9.64. The van der Waals surface area contributed by atoms with E-state index in [0.717, 1.165) is 0 Å². The van der Waals surface area contributed by atoms with Crippen molar-refractivity contribution < 1.29 is 26.4 Å². The second-order valence-electron chi connectivity index (χ2n) is 7.13. The van der Waals surface area contributed by atoms with Crippen LogP contribution in [0.5, 0.6) is 0 Å². The van der Waals surface area contributed by atoms with E-state index in [2.05, 4.69) is 10.2 Å². The minimum Gasteiger partial charge on any atom is -0.379 e. The number of hydrogen-bond donors (Lipinski definition) is 2. The maximum Gasteiger partial charge on any atom is 0.282 e. The number of amides is 1. The summed E-state index contributed by atoms with van der Waals surface area (Å²) in [7, 11) is -7.24. The molecule has 0 unspecified atom stereocenters. The van der Waals surface area contributed by atoms with E-state index in [1.54, 1.807) is 0 Å². The van der Waals surface area contributed by atoms with E-state index < -0.39 is 20.2 Å². The molecule has 13 heteroatoms. The first-order valence-corrected chi connectivity index (χ1v) is 12.6. The van der Waals surface area contributed by atoms with Crippen LogP contribution in [0.2, 0.25) is 0 Å². The zero-order chi connectivity index (χ0) is 21.8. The molecule has 30 heavy (non-hydrogen) atoms. The number of benzene rings is 1. The van der Waals surface area contributed by atoms with Crippen LogP contribution in [0.1, 0.15) is 6.42 Å². The third-order valence-electron chi connectivity index (χ3n) is 5.08. The number of hydrogen-bond acceptors (Lipinski definition) is 7. The van der Waals surface area contributed by atoms with Crippen molar-refractivity contribution in [2.45, 2.75) is 11.3 Å². The van der Waals surface area contributed by atoms with Gasteiger partial charge in [0.1, 0.15) is 0 Å². The SMILES string of the molecule is NS(=O)(=O)c1ccc(NC(=O)CCN2CCN(S(=O)(=O)N3CCOCC3)CC2)cc1. The third-order valence-corrected chi connectivity index (χ3v) is 8.04. The summed E-state index contributed by atoms with van der Waals surface area (Å²) in [5.74, 6) is -0.207. The van der Waals surface area contributed by atoms with E-state index in [0.29, 0.717) is 64.7 Å². The number of morpholine rings is 1. The Hall–Kier alpha value is -1.61. The second-order valence-corrected chi connectivity index (χ2v) is 10.6. The summed E-state index contributed by atoms with van der Waals surface area (Å²) in [5.41, 5.74) is 0.480. The van der Waals surface area contributed by atoms with Crippen LogP contribution < -0.4 is 10.5 Å². The summed E-state index contributed by atoms with van der Waals surface area (Å²) in [6.45, 7) is 3.97. The number of primary sulfonamides is 1. The van der Waals surface area contributed by atoms with Gasteiger partial charge in [0.25, 0.3) is 10.2 Å². The van der Waals surface area contributed by atoms with Crippen LogP contribution >= 0.6 is 0 Å². The van der Waals surface area contributed by atoms with Gasteiger partial charge in [-0.2, -0.15) is 17.0 Å². The maximum atomic E-state index is 12.7. The van der Waals surface area contributed by atoms with E-state index >= 15 is 0 Å². The van der Waals surface area contributed by atoms with Gasteiger partial charge in [0.15, 0.2) is 0 Å². The Bertz CT molecular complexity index is 937. The van der Waals surface area contributed by atoms with Gasteiger partial charge in [-0.1, -0.05) is 0 Å². The summed E-state index contributed by atoms with van der Waals surface area (Å²) in [5, 5.41) is 7.76. The molecule has 2 aliphatic rings. The van der Waals surface area contributed by atoms with Crippen molar-refractivity contribution in [2.24, 2.45) is 5.14 Å². The molecule has 1 amide bonds. The molecule has 2 fully saturated rings. The van der Waals surface area contributed by atoms with E-state index in [-0.39, 0.29) is 17.2 Å². The number of nitrogens with one attached hydrogen (secondary N) is 1. The topological polar surface area (TPSA) is 142 Å². The molecule has 1 aromatic carbocycles. The summed E-state index contributed by atoms with van der Waals surface area (Å²) in [4.78, 5) is 14.2. The van der Waals surface area contributed by atoms with E-state index in [9.17, 15) is 21.6 Å². The number of ether oxygens (including phenoxy) is 1. The molecule has 2 aliphatic heterocycles. The third kappa shape index (κ3) is 5.97. The number of carbonyl (C=O) groups excluding carboxylic acids is 1. The van der Waals surface area contributed by atoms with Gasteiger partial charge in [0, 0.05) is 57.9 Å². The molecular weight excluding hydrogens is 434 g/mol. The van der Waals surface area contributed by atoms with Gasteiger partial charge < -0.3 is 15.0 Å². The summed E-state index contributed by atoms with van der Waals surface area (Å²) >= 11 is 0. The number of carbonyl (C=O) groups is 1. The van der Waals surface area contributed by atoms with Gasteiger partial charge in [-0.25, -0.2) is 13.6 Å². The lowest BCUT2D eigenvalue weighted by Crippen LogP contribution is -2.55. The minimum atomic E-state index is -3.77. The van der Waals surface area contributed by atoms with Gasteiger partial charge in [-0.15, -0.1) is 0 Å². The lowest BCUT2D eigenvalue weighted by atomic mass is 10.3. The average molecular weight is 462 g/mol. The van der Waals surface area contributed by atoms with Gasteiger partial charge >= 0.3 is 0 Å². The molecule has 168 valence electrons. The second kappa shape index (κ2) is 9.68. The number of nitrogens with two attached hydrogens (primary N) is 1. The molecule has 1 aromatic rings. The Morgan fingerprint density at radius 2 is 1.50 bits per heavy atom. The zero-order valence-corrected chi connectivity index (χ0v) is 18.2. The van der Waals surface area contributed by atoms with Crippen molar-refractivity contribution in [2.75, 3.05) is 64.3 Å². The first-order chi connectivity index (χ1) is 14.2. The molecule has 0 spiro atoms. The van der Waals surface area contributed by atoms with Crippen molar-refractivity contribution in [3.8, 4) is 0 Å². The highest BCUT2D eigenvalue weighted by Gasteiger charge is 2.33. The van der Waals surface area contributed by atoms with Gasteiger partial charge in [0.05, 0.1) is 18.1 Å². The summed E-state index contributed by atoms with van der Waals surface area (Å²) < 4.78 is 56.0. The Balaban J connectivity index is 1.42. The van der Waals surface area contributed by atoms with Crippen LogP contribution in [0, 0.1) is 0 Å². The lowest BCUT2D eigenvalue weighted by Gasteiger charge is -2.37. The monoisotopic (exact) mass is 461 g/mol. The fourth-order valence-corrected chi connectivity index (χ4v) is 5.41. The molecule has 2 saturated heterocycles. The molecule has 2 heterocycles. The smallest absolute Gasteiger partial charge is 0.282 e.